The summed E-state index contributed by atoms with van der Waals surface area (Å²) in [6, 6.07) is 14.9. The van der Waals surface area contributed by atoms with E-state index in [-0.39, 0.29) is 12.5 Å². The number of methoxy groups -OCH3 is 1. The largest absolute Gasteiger partial charge is 0.497 e. The van der Waals surface area contributed by atoms with Gasteiger partial charge in [0.15, 0.2) is 0 Å². The predicted molar refractivity (Wildman–Crippen MR) is 137 cm³/mol. The van der Waals surface area contributed by atoms with Crippen molar-refractivity contribution in [3.63, 3.8) is 0 Å². The molecule has 0 unspecified atom stereocenters. The van der Waals surface area contributed by atoms with Crippen molar-refractivity contribution in [3.8, 4) is 22.6 Å². The fourth-order valence-electron chi connectivity index (χ4n) is 3.17. The average molecular weight is 480 g/mol. The first-order chi connectivity index (χ1) is 16.5. The van der Waals surface area contributed by atoms with E-state index in [9.17, 15) is 9.59 Å². The highest BCUT2D eigenvalue weighted by atomic mass is 32.1. The molecule has 178 valence electrons. The van der Waals surface area contributed by atoms with Crippen LogP contribution in [0.4, 0.5) is 5.00 Å². The lowest BCUT2D eigenvalue weighted by Crippen LogP contribution is -2.12. The van der Waals surface area contributed by atoms with E-state index >= 15 is 0 Å². The van der Waals surface area contributed by atoms with Crippen molar-refractivity contribution in [1.29, 1.82) is 0 Å². The Morgan fingerprint density at radius 3 is 2.35 bits per heavy atom. The molecule has 1 heterocycles. The van der Waals surface area contributed by atoms with Gasteiger partial charge in [0.05, 0.1) is 20.3 Å². The number of amides is 1. The molecule has 0 radical (unpaired) electrons. The Morgan fingerprint density at radius 2 is 1.71 bits per heavy atom. The average Bonchev–Trinajstić information content (AvgIpc) is 3.27. The number of ether oxygens (including phenoxy) is 3. The van der Waals surface area contributed by atoms with E-state index in [0.717, 1.165) is 35.5 Å². The first kappa shape index (κ1) is 25.1. The van der Waals surface area contributed by atoms with Crippen LogP contribution in [0, 0.1) is 0 Å². The molecule has 1 aromatic heterocycles. The molecule has 7 heteroatoms. The third-order valence-electron chi connectivity index (χ3n) is 4.98. The molecular formula is C27H29NO5S. The fraction of sp³-hybridized carbons (Fsp3) is 0.259. The molecule has 0 aliphatic carbocycles. The summed E-state index contributed by atoms with van der Waals surface area (Å²) >= 11 is 1.28. The van der Waals surface area contributed by atoms with E-state index in [1.165, 1.54) is 17.4 Å². The molecule has 0 saturated carbocycles. The quantitative estimate of drug-likeness (QED) is 0.195. The minimum Gasteiger partial charge on any atom is -0.497 e. The number of nitrogens with one attached hydrogen (secondary N) is 1. The summed E-state index contributed by atoms with van der Waals surface area (Å²) in [6.07, 6.45) is 5.25. The van der Waals surface area contributed by atoms with Crippen molar-refractivity contribution in [2.75, 3.05) is 25.6 Å². The molecule has 0 aliphatic rings. The van der Waals surface area contributed by atoms with E-state index in [0.29, 0.717) is 22.7 Å². The Balaban J connectivity index is 1.74. The van der Waals surface area contributed by atoms with Gasteiger partial charge in [-0.3, -0.25) is 4.79 Å². The van der Waals surface area contributed by atoms with Crippen LogP contribution in [0.3, 0.4) is 0 Å². The number of anilines is 1. The molecule has 0 aliphatic heterocycles. The molecule has 0 saturated heterocycles. The van der Waals surface area contributed by atoms with Crippen molar-refractivity contribution >= 4 is 34.3 Å². The van der Waals surface area contributed by atoms with Crippen LogP contribution in [0.15, 0.2) is 60.0 Å². The van der Waals surface area contributed by atoms with Crippen LogP contribution in [0.5, 0.6) is 11.5 Å². The molecule has 1 amide bonds. The maximum absolute atomic E-state index is 12.7. The Kier molecular flexibility index (Phi) is 9.29. The minimum absolute atomic E-state index is 0.238. The van der Waals surface area contributed by atoms with Gasteiger partial charge in [0, 0.05) is 17.0 Å². The summed E-state index contributed by atoms with van der Waals surface area (Å²) in [6.45, 7) is 4.80. The number of carbonyl (C=O) groups is 2. The number of benzene rings is 2. The van der Waals surface area contributed by atoms with Crippen molar-refractivity contribution in [1.82, 2.24) is 0 Å². The zero-order valence-corrected chi connectivity index (χ0v) is 20.4. The van der Waals surface area contributed by atoms with Gasteiger partial charge in [-0.15, -0.1) is 11.3 Å². The van der Waals surface area contributed by atoms with Gasteiger partial charge in [0.1, 0.15) is 22.1 Å². The van der Waals surface area contributed by atoms with E-state index in [1.54, 1.807) is 20.1 Å². The van der Waals surface area contributed by atoms with Crippen molar-refractivity contribution in [2.24, 2.45) is 0 Å². The third-order valence-corrected chi connectivity index (χ3v) is 5.88. The van der Waals surface area contributed by atoms with Gasteiger partial charge in [-0.05, 0) is 54.8 Å². The number of hydrogen-bond acceptors (Lipinski definition) is 6. The van der Waals surface area contributed by atoms with Crippen molar-refractivity contribution in [2.45, 2.75) is 26.7 Å². The second-order valence-electron chi connectivity index (χ2n) is 7.40. The molecule has 6 nitrogen and oxygen atoms in total. The van der Waals surface area contributed by atoms with E-state index in [1.807, 2.05) is 53.9 Å². The van der Waals surface area contributed by atoms with Crippen LogP contribution in [-0.4, -0.2) is 32.2 Å². The normalized spacial score (nSPS) is 10.8. The molecule has 34 heavy (non-hydrogen) atoms. The van der Waals surface area contributed by atoms with Gasteiger partial charge in [0.25, 0.3) is 0 Å². The highest BCUT2D eigenvalue weighted by Gasteiger charge is 2.22. The highest BCUT2D eigenvalue weighted by Crippen LogP contribution is 2.37. The molecule has 3 rings (SSSR count). The van der Waals surface area contributed by atoms with Gasteiger partial charge in [-0.25, -0.2) is 4.79 Å². The lowest BCUT2D eigenvalue weighted by atomic mass is 10.0. The van der Waals surface area contributed by atoms with Crippen LogP contribution in [0.2, 0.25) is 0 Å². The molecule has 0 spiro atoms. The van der Waals surface area contributed by atoms with E-state index in [4.69, 9.17) is 14.2 Å². The van der Waals surface area contributed by atoms with Gasteiger partial charge in [0.2, 0.25) is 5.91 Å². The van der Waals surface area contributed by atoms with Crippen LogP contribution in [-0.2, 0) is 9.53 Å². The zero-order valence-electron chi connectivity index (χ0n) is 19.6. The summed E-state index contributed by atoms with van der Waals surface area (Å²) in [5.74, 6) is 0.708. The van der Waals surface area contributed by atoms with E-state index in [2.05, 4.69) is 12.2 Å². The van der Waals surface area contributed by atoms with Gasteiger partial charge >= 0.3 is 5.97 Å². The van der Waals surface area contributed by atoms with Gasteiger partial charge < -0.3 is 19.5 Å². The summed E-state index contributed by atoms with van der Waals surface area (Å²) in [5.41, 5.74) is 2.74. The molecule has 0 fully saturated rings. The Labute approximate surface area is 204 Å². The molecule has 1 N–H and O–H groups in total. The fourth-order valence-corrected chi connectivity index (χ4v) is 4.13. The number of esters is 1. The highest BCUT2D eigenvalue weighted by molar-refractivity contribution is 7.15. The van der Waals surface area contributed by atoms with Gasteiger partial charge in [-0.2, -0.15) is 0 Å². The Hall–Kier alpha value is -3.58. The maximum Gasteiger partial charge on any atom is 0.341 e. The molecule has 0 bridgehead atoms. The number of hydrogen-bond donors (Lipinski definition) is 1. The summed E-state index contributed by atoms with van der Waals surface area (Å²) in [5, 5.41) is 5.10. The number of thiophene rings is 1. The monoisotopic (exact) mass is 479 g/mol. The molecular weight excluding hydrogens is 450 g/mol. The molecule has 2 aromatic carbocycles. The molecule has 0 atom stereocenters. The molecule has 3 aromatic rings. The summed E-state index contributed by atoms with van der Waals surface area (Å²) < 4.78 is 16.1. The number of unbranched alkanes of at least 4 members (excludes halogenated alkanes) is 1. The first-order valence-corrected chi connectivity index (χ1v) is 12.1. The Bertz CT molecular complexity index is 1120. The summed E-state index contributed by atoms with van der Waals surface area (Å²) in [7, 11) is 1.60. The van der Waals surface area contributed by atoms with Crippen molar-refractivity contribution < 1.29 is 23.8 Å². The second kappa shape index (κ2) is 12.6. The lowest BCUT2D eigenvalue weighted by Gasteiger charge is -2.08. The smallest absolute Gasteiger partial charge is 0.341 e. The Morgan fingerprint density at radius 1 is 1.00 bits per heavy atom. The standard InChI is InChI=1S/C27H29NO5S/c1-4-6-17-33-22-12-7-19(8-13-22)9-16-24(29)28-26-25(27(30)32-5-2)23(18-34-26)20-10-14-21(31-3)15-11-20/h7-16,18H,4-6,17H2,1-3H3,(H,28,29)/b16-9+. The zero-order chi connectivity index (χ0) is 24.3. The second-order valence-corrected chi connectivity index (χ2v) is 8.28. The number of rotatable bonds is 11. The van der Waals surface area contributed by atoms with Crippen LogP contribution >= 0.6 is 11.3 Å². The van der Waals surface area contributed by atoms with Crippen molar-refractivity contribution in [3.05, 3.63) is 71.1 Å². The third kappa shape index (κ3) is 6.71. The van der Waals surface area contributed by atoms with Crippen LogP contribution < -0.4 is 14.8 Å². The van der Waals surface area contributed by atoms with Crippen LogP contribution in [0.1, 0.15) is 42.6 Å². The summed E-state index contributed by atoms with van der Waals surface area (Å²) in [4.78, 5) is 25.3. The van der Waals surface area contributed by atoms with E-state index < -0.39 is 5.97 Å². The topological polar surface area (TPSA) is 73.9 Å². The number of carbonyl (C=O) groups excluding carboxylic acids is 2. The van der Waals surface area contributed by atoms with Crippen LogP contribution in [0.25, 0.3) is 17.2 Å². The lowest BCUT2D eigenvalue weighted by molar-refractivity contribution is -0.111. The predicted octanol–water partition coefficient (Wildman–Crippen LogP) is 6.43. The maximum atomic E-state index is 12.7. The van der Waals surface area contributed by atoms with Gasteiger partial charge in [-0.1, -0.05) is 37.6 Å². The SMILES string of the molecule is CCCCOc1ccc(/C=C/C(=O)Nc2scc(-c3ccc(OC)cc3)c2C(=O)OCC)cc1. The minimum atomic E-state index is -0.479. The first-order valence-electron chi connectivity index (χ1n) is 11.2.